The average Bonchev–Trinajstić information content (AvgIpc) is 3.40. The maximum Gasteiger partial charge on any atom is 0.325 e. The summed E-state index contributed by atoms with van der Waals surface area (Å²) in [5.41, 5.74) is 0.291. The third-order valence-electron chi connectivity index (χ3n) is 4.71. The van der Waals surface area contributed by atoms with Crippen molar-refractivity contribution in [2.75, 3.05) is 19.7 Å². The van der Waals surface area contributed by atoms with Crippen molar-refractivity contribution in [3.63, 3.8) is 0 Å². The van der Waals surface area contributed by atoms with Crippen LogP contribution in [0.5, 0.6) is 5.75 Å². The van der Waals surface area contributed by atoms with Gasteiger partial charge in [0, 0.05) is 0 Å². The number of urea groups is 1. The molecule has 0 aromatic heterocycles. The highest BCUT2D eigenvalue weighted by molar-refractivity contribution is 6.09. The number of ether oxygens (including phenoxy) is 1. The molecule has 2 N–H and O–H groups in total. The maximum atomic E-state index is 12.4. The number of hydrogen-bond donors (Lipinski definition) is 2. The SMILES string of the molecule is Cc1ccc(OCCNC(=O)CN2C(=O)NC(C)(C3CC3)C2=O)cc1. The van der Waals surface area contributed by atoms with Crippen LogP contribution in [0.4, 0.5) is 4.79 Å². The Hall–Kier alpha value is -2.57. The lowest BCUT2D eigenvalue weighted by Crippen LogP contribution is -2.47. The zero-order valence-electron chi connectivity index (χ0n) is 14.5. The molecule has 4 amide bonds. The number of imide groups is 1. The molecule has 7 heteroatoms. The third kappa shape index (κ3) is 3.75. The van der Waals surface area contributed by atoms with Crippen LogP contribution in [0.15, 0.2) is 24.3 Å². The Morgan fingerprint density at radius 2 is 2.00 bits per heavy atom. The first kappa shape index (κ1) is 17.3. The molecule has 1 unspecified atom stereocenters. The van der Waals surface area contributed by atoms with E-state index in [4.69, 9.17) is 4.74 Å². The molecule has 1 saturated heterocycles. The highest BCUT2D eigenvalue weighted by Gasteiger charge is 2.56. The minimum Gasteiger partial charge on any atom is -0.492 e. The van der Waals surface area contributed by atoms with E-state index >= 15 is 0 Å². The Balaban J connectivity index is 1.42. The highest BCUT2D eigenvalue weighted by Crippen LogP contribution is 2.42. The first-order valence-corrected chi connectivity index (χ1v) is 8.50. The zero-order chi connectivity index (χ0) is 18.0. The van der Waals surface area contributed by atoms with Crippen LogP contribution in [0.2, 0.25) is 0 Å². The second kappa shape index (κ2) is 6.74. The molecule has 1 aromatic rings. The first-order chi connectivity index (χ1) is 11.9. The molecule has 2 aliphatic rings. The number of rotatable bonds is 7. The van der Waals surface area contributed by atoms with Gasteiger partial charge in [0.1, 0.15) is 24.4 Å². The predicted octanol–water partition coefficient (Wildman–Crippen LogP) is 1.21. The summed E-state index contributed by atoms with van der Waals surface area (Å²) in [6, 6.07) is 7.13. The van der Waals surface area contributed by atoms with Crippen molar-refractivity contribution in [2.45, 2.75) is 32.2 Å². The first-order valence-electron chi connectivity index (χ1n) is 8.50. The van der Waals surface area contributed by atoms with Crippen LogP contribution in [0.1, 0.15) is 25.3 Å². The highest BCUT2D eigenvalue weighted by atomic mass is 16.5. The van der Waals surface area contributed by atoms with Gasteiger partial charge in [0.05, 0.1) is 6.54 Å². The van der Waals surface area contributed by atoms with Crippen molar-refractivity contribution in [1.82, 2.24) is 15.5 Å². The molecule has 1 aliphatic heterocycles. The van der Waals surface area contributed by atoms with Crippen LogP contribution in [-0.2, 0) is 9.59 Å². The minimum absolute atomic E-state index is 0.180. The number of carbonyl (C=O) groups excluding carboxylic acids is 3. The van der Waals surface area contributed by atoms with Gasteiger partial charge in [0.2, 0.25) is 5.91 Å². The van der Waals surface area contributed by atoms with Gasteiger partial charge in [-0.1, -0.05) is 17.7 Å². The molecule has 1 saturated carbocycles. The van der Waals surface area contributed by atoms with Crippen LogP contribution in [-0.4, -0.2) is 48.0 Å². The fourth-order valence-electron chi connectivity index (χ4n) is 2.99. The Kier molecular flexibility index (Phi) is 4.65. The molecule has 0 radical (unpaired) electrons. The van der Waals surface area contributed by atoms with Gasteiger partial charge in [0.25, 0.3) is 5.91 Å². The Morgan fingerprint density at radius 3 is 2.64 bits per heavy atom. The van der Waals surface area contributed by atoms with Crippen molar-refractivity contribution in [3.05, 3.63) is 29.8 Å². The standard InChI is InChI=1S/C18H23N3O4/c1-12-3-7-14(8-4-12)25-10-9-19-15(22)11-21-16(23)18(2,13-5-6-13)20-17(21)24/h3-4,7-8,13H,5-6,9-11H2,1-2H3,(H,19,22)(H,20,24). The smallest absolute Gasteiger partial charge is 0.325 e. The van der Waals surface area contributed by atoms with Gasteiger partial charge < -0.3 is 15.4 Å². The molecule has 25 heavy (non-hydrogen) atoms. The summed E-state index contributed by atoms with van der Waals surface area (Å²) in [5.74, 6) is 0.219. The van der Waals surface area contributed by atoms with Crippen molar-refractivity contribution in [3.8, 4) is 5.75 Å². The molecule has 0 spiro atoms. The predicted molar refractivity (Wildman–Crippen MR) is 91.1 cm³/mol. The molecule has 1 aliphatic carbocycles. The Labute approximate surface area is 146 Å². The Morgan fingerprint density at radius 1 is 1.32 bits per heavy atom. The maximum absolute atomic E-state index is 12.4. The molecular formula is C18H23N3O4. The van der Waals surface area contributed by atoms with Crippen molar-refractivity contribution >= 4 is 17.8 Å². The number of carbonyl (C=O) groups is 3. The van der Waals surface area contributed by atoms with Gasteiger partial charge >= 0.3 is 6.03 Å². The Bertz CT molecular complexity index is 684. The van der Waals surface area contributed by atoms with E-state index in [0.29, 0.717) is 13.2 Å². The monoisotopic (exact) mass is 345 g/mol. The van der Waals surface area contributed by atoms with E-state index in [1.807, 2.05) is 31.2 Å². The largest absolute Gasteiger partial charge is 0.492 e. The quantitative estimate of drug-likeness (QED) is 0.574. The molecule has 3 rings (SSSR count). The van der Waals surface area contributed by atoms with E-state index in [0.717, 1.165) is 29.1 Å². The summed E-state index contributed by atoms with van der Waals surface area (Å²) >= 11 is 0. The summed E-state index contributed by atoms with van der Waals surface area (Å²) in [4.78, 5) is 37.4. The second-order valence-corrected chi connectivity index (χ2v) is 6.81. The van der Waals surface area contributed by atoms with Gasteiger partial charge in [0.15, 0.2) is 0 Å². The van der Waals surface area contributed by atoms with E-state index < -0.39 is 11.6 Å². The topological polar surface area (TPSA) is 87.7 Å². The third-order valence-corrected chi connectivity index (χ3v) is 4.71. The minimum atomic E-state index is -0.855. The van der Waals surface area contributed by atoms with Crippen LogP contribution >= 0.6 is 0 Å². The van der Waals surface area contributed by atoms with Crippen LogP contribution in [0, 0.1) is 12.8 Å². The van der Waals surface area contributed by atoms with E-state index in [1.54, 1.807) is 6.92 Å². The van der Waals surface area contributed by atoms with Gasteiger partial charge in [-0.05, 0) is 44.7 Å². The number of benzene rings is 1. The van der Waals surface area contributed by atoms with E-state index in [2.05, 4.69) is 10.6 Å². The number of hydrogen-bond acceptors (Lipinski definition) is 4. The van der Waals surface area contributed by atoms with Crippen LogP contribution in [0.25, 0.3) is 0 Å². The summed E-state index contributed by atoms with van der Waals surface area (Å²) in [7, 11) is 0. The van der Waals surface area contributed by atoms with Crippen LogP contribution in [0.3, 0.4) is 0 Å². The molecule has 2 fully saturated rings. The van der Waals surface area contributed by atoms with E-state index in [9.17, 15) is 14.4 Å². The number of nitrogens with one attached hydrogen (secondary N) is 2. The fourth-order valence-corrected chi connectivity index (χ4v) is 2.99. The molecular weight excluding hydrogens is 322 g/mol. The number of aryl methyl sites for hydroxylation is 1. The molecule has 1 heterocycles. The number of amides is 4. The van der Waals surface area contributed by atoms with Gasteiger partial charge in [-0.15, -0.1) is 0 Å². The van der Waals surface area contributed by atoms with Crippen LogP contribution < -0.4 is 15.4 Å². The van der Waals surface area contributed by atoms with E-state index in [-0.39, 0.29) is 24.3 Å². The van der Waals surface area contributed by atoms with Crippen molar-refractivity contribution in [1.29, 1.82) is 0 Å². The molecule has 1 atom stereocenters. The van der Waals surface area contributed by atoms with Crippen molar-refractivity contribution in [2.24, 2.45) is 5.92 Å². The summed E-state index contributed by atoms with van der Waals surface area (Å²) in [6.45, 7) is 4.08. The van der Waals surface area contributed by atoms with Gasteiger partial charge in [-0.2, -0.15) is 0 Å². The normalized spacial score (nSPS) is 22.7. The average molecular weight is 345 g/mol. The molecule has 1 aromatic carbocycles. The zero-order valence-corrected chi connectivity index (χ0v) is 14.5. The van der Waals surface area contributed by atoms with E-state index in [1.165, 1.54) is 0 Å². The molecule has 7 nitrogen and oxygen atoms in total. The molecule has 0 bridgehead atoms. The lowest BCUT2D eigenvalue weighted by molar-refractivity contribution is -0.135. The lowest BCUT2D eigenvalue weighted by Gasteiger charge is -2.20. The van der Waals surface area contributed by atoms with Crippen molar-refractivity contribution < 1.29 is 19.1 Å². The number of nitrogens with zero attached hydrogens (tertiary/aromatic N) is 1. The second-order valence-electron chi connectivity index (χ2n) is 6.81. The summed E-state index contributed by atoms with van der Waals surface area (Å²) in [5, 5.41) is 5.39. The fraction of sp³-hybridized carbons (Fsp3) is 0.500. The summed E-state index contributed by atoms with van der Waals surface area (Å²) in [6.07, 6.45) is 1.86. The summed E-state index contributed by atoms with van der Waals surface area (Å²) < 4.78 is 5.52. The lowest BCUT2D eigenvalue weighted by atomic mass is 9.96. The molecule has 134 valence electrons. The van der Waals surface area contributed by atoms with Gasteiger partial charge in [-0.3, -0.25) is 14.5 Å². The van der Waals surface area contributed by atoms with Gasteiger partial charge in [-0.25, -0.2) is 4.79 Å².